The summed E-state index contributed by atoms with van der Waals surface area (Å²) in [6.07, 6.45) is 4.51. The topological polar surface area (TPSA) is 51.4 Å². The number of benzene rings is 1. The summed E-state index contributed by atoms with van der Waals surface area (Å²) in [7, 11) is 1.89. The zero-order valence-electron chi connectivity index (χ0n) is 11.8. The minimum atomic E-state index is -0.333. The minimum Gasteiger partial charge on any atom is -0.485 e. The van der Waals surface area contributed by atoms with Crippen LogP contribution in [0.25, 0.3) is 0 Å². The smallest absolute Gasteiger partial charge is 0.146 e. The average Bonchev–Trinajstić information content (AvgIpc) is 2.91. The summed E-state index contributed by atoms with van der Waals surface area (Å²) in [5.74, 6) is 1.49. The highest BCUT2D eigenvalue weighted by Gasteiger charge is 2.18. The van der Waals surface area contributed by atoms with Crippen molar-refractivity contribution in [3.8, 4) is 5.75 Å². The molecule has 0 saturated carbocycles. The summed E-state index contributed by atoms with van der Waals surface area (Å²) in [5.41, 5.74) is 0.395. The van der Waals surface area contributed by atoms with Gasteiger partial charge >= 0.3 is 0 Å². The number of aryl methyl sites for hydroxylation is 1. The predicted molar refractivity (Wildman–Crippen MR) is 78.0 cm³/mol. The average molecular weight is 288 g/mol. The number of hydrogen-bond donors (Lipinski definition) is 1. The van der Waals surface area contributed by atoms with Gasteiger partial charge in [-0.25, -0.2) is 9.37 Å². The van der Waals surface area contributed by atoms with Gasteiger partial charge in [-0.05, 0) is 18.6 Å². The standard InChI is InChI=1S/C15H17FN4O/c1-20-9-8-17-13(20)10-21-12-5-2-4-11(16)14(12)15-18-6-3-7-19-15/h2,4-5,8-9H,3,6-7,10H2,1H3,(H,18,19). The molecule has 110 valence electrons. The van der Waals surface area contributed by atoms with Gasteiger partial charge in [-0.15, -0.1) is 0 Å². The fraction of sp³-hybridized carbons (Fsp3) is 0.333. The Bertz CT molecular complexity index is 665. The van der Waals surface area contributed by atoms with Crippen LogP contribution in [0.4, 0.5) is 4.39 Å². The van der Waals surface area contributed by atoms with E-state index in [0.29, 0.717) is 23.7 Å². The molecule has 1 N–H and O–H groups in total. The van der Waals surface area contributed by atoms with Crippen molar-refractivity contribution in [2.45, 2.75) is 13.0 Å². The molecular weight excluding hydrogens is 271 g/mol. The molecule has 2 heterocycles. The van der Waals surface area contributed by atoms with Crippen molar-refractivity contribution < 1.29 is 9.13 Å². The van der Waals surface area contributed by atoms with Crippen LogP contribution in [-0.2, 0) is 13.7 Å². The van der Waals surface area contributed by atoms with Crippen molar-refractivity contribution >= 4 is 5.84 Å². The fourth-order valence-electron chi connectivity index (χ4n) is 2.23. The van der Waals surface area contributed by atoms with E-state index >= 15 is 0 Å². The molecule has 1 aromatic heterocycles. The maximum absolute atomic E-state index is 14.2. The quantitative estimate of drug-likeness (QED) is 0.934. The summed E-state index contributed by atoms with van der Waals surface area (Å²) < 4.78 is 21.8. The van der Waals surface area contributed by atoms with E-state index in [2.05, 4.69) is 15.3 Å². The summed E-state index contributed by atoms with van der Waals surface area (Å²) in [6, 6.07) is 4.80. The van der Waals surface area contributed by atoms with Crippen LogP contribution in [0.2, 0.25) is 0 Å². The zero-order valence-corrected chi connectivity index (χ0v) is 11.8. The lowest BCUT2D eigenvalue weighted by Gasteiger charge is -2.18. The maximum Gasteiger partial charge on any atom is 0.146 e. The molecule has 0 amide bonds. The minimum absolute atomic E-state index is 0.285. The summed E-state index contributed by atoms with van der Waals surface area (Å²) in [5, 5.41) is 3.13. The first-order chi connectivity index (χ1) is 10.3. The van der Waals surface area contributed by atoms with Crippen LogP contribution >= 0.6 is 0 Å². The molecule has 5 nitrogen and oxygen atoms in total. The van der Waals surface area contributed by atoms with Gasteiger partial charge < -0.3 is 14.6 Å². The molecule has 3 rings (SSSR count). The van der Waals surface area contributed by atoms with Crippen LogP contribution in [0.1, 0.15) is 17.8 Å². The Morgan fingerprint density at radius 2 is 2.33 bits per heavy atom. The van der Waals surface area contributed by atoms with Crippen LogP contribution in [0.3, 0.4) is 0 Å². The van der Waals surface area contributed by atoms with Crippen LogP contribution in [0, 0.1) is 5.82 Å². The molecular formula is C15H17FN4O. The van der Waals surface area contributed by atoms with Gasteiger partial charge in [-0.2, -0.15) is 0 Å². The number of nitrogens with one attached hydrogen (secondary N) is 1. The normalized spacial score (nSPS) is 14.5. The monoisotopic (exact) mass is 288 g/mol. The lowest BCUT2D eigenvalue weighted by molar-refractivity contribution is 0.289. The van der Waals surface area contributed by atoms with Crippen molar-refractivity contribution in [1.82, 2.24) is 14.9 Å². The van der Waals surface area contributed by atoms with E-state index < -0.39 is 0 Å². The van der Waals surface area contributed by atoms with Crippen LogP contribution in [-0.4, -0.2) is 28.5 Å². The number of hydrogen-bond acceptors (Lipinski definition) is 4. The molecule has 0 unspecified atom stereocenters. The third kappa shape index (κ3) is 2.89. The Labute approximate surface area is 122 Å². The van der Waals surface area contributed by atoms with E-state index in [1.165, 1.54) is 6.07 Å². The first-order valence-corrected chi connectivity index (χ1v) is 6.92. The van der Waals surface area contributed by atoms with Gasteiger partial charge in [0.05, 0.1) is 5.56 Å². The van der Waals surface area contributed by atoms with E-state index in [4.69, 9.17) is 4.74 Å². The van der Waals surface area contributed by atoms with Gasteiger partial charge in [-0.3, -0.25) is 4.99 Å². The lowest BCUT2D eigenvalue weighted by Crippen LogP contribution is -2.31. The Hall–Kier alpha value is -2.37. The van der Waals surface area contributed by atoms with E-state index in [-0.39, 0.29) is 12.4 Å². The first-order valence-electron chi connectivity index (χ1n) is 6.92. The highest BCUT2D eigenvalue weighted by atomic mass is 19.1. The molecule has 1 aliphatic heterocycles. The third-order valence-electron chi connectivity index (χ3n) is 3.39. The fourth-order valence-corrected chi connectivity index (χ4v) is 2.23. The first kappa shape index (κ1) is 13.6. The number of aliphatic imine (C=N–C) groups is 1. The van der Waals surface area contributed by atoms with Gasteiger partial charge in [0.2, 0.25) is 0 Å². The summed E-state index contributed by atoms with van der Waals surface area (Å²) >= 11 is 0. The van der Waals surface area contributed by atoms with Crippen molar-refractivity contribution in [2.24, 2.45) is 12.0 Å². The molecule has 0 radical (unpaired) electrons. The number of amidine groups is 1. The second-order valence-corrected chi connectivity index (χ2v) is 4.87. The molecule has 0 saturated heterocycles. The Morgan fingerprint density at radius 3 is 3.05 bits per heavy atom. The maximum atomic E-state index is 14.2. The van der Waals surface area contributed by atoms with Crippen molar-refractivity contribution in [1.29, 1.82) is 0 Å². The van der Waals surface area contributed by atoms with Crippen molar-refractivity contribution in [2.75, 3.05) is 13.1 Å². The molecule has 6 heteroatoms. The second-order valence-electron chi connectivity index (χ2n) is 4.87. The highest BCUT2D eigenvalue weighted by Crippen LogP contribution is 2.23. The Morgan fingerprint density at radius 1 is 1.43 bits per heavy atom. The molecule has 1 aromatic carbocycles. The predicted octanol–water partition coefficient (Wildman–Crippen LogP) is 1.88. The van der Waals surface area contributed by atoms with E-state index in [0.717, 1.165) is 18.8 Å². The SMILES string of the molecule is Cn1ccnc1COc1cccc(F)c1C1=NCCCN1. The van der Waals surface area contributed by atoms with Crippen LogP contribution in [0.5, 0.6) is 5.75 Å². The molecule has 21 heavy (non-hydrogen) atoms. The van der Waals surface area contributed by atoms with Crippen molar-refractivity contribution in [3.05, 3.63) is 47.8 Å². The number of nitrogens with zero attached hydrogens (tertiary/aromatic N) is 3. The second kappa shape index (κ2) is 5.95. The van der Waals surface area contributed by atoms with Crippen molar-refractivity contribution in [3.63, 3.8) is 0 Å². The molecule has 0 fully saturated rings. The number of imidazole rings is 1. The van der Waals surface area contributed by atoms with Gasteiger partial charge in [0.25, 0.3) is 0 Å². The molecule has 0 aliphatic carbocycles. The molecule has 1 aliphatic rings. The molecule has 0 atom stereocenters. The summed E-state index contributed by atoms with van der Waals surface area (Å²) in [4.78, 5) is 8.54. The van der Waals surface area contributed by atoms with Gasteiger partial charge in [0.1, 0.15) is 29.8 Å². The highest BCUT2D eigenvalue weighted by molar-refractivity contribution is 6.01. The zero-order chi connectivity index (χ0) is 14.7. The number of ether oxygens (including phenoxy) is 1. The summed E-state index contributed by atoms with van der Waals surface area (Å²) in [6.45, 7) is 1.79. The van der Waals surface area contributed by atoms with E-state index in [1.54, 1.807) is 18.3 Å². The lowest BCUT2D eigenvalue weighted by atomic mass is 10.1. The van der Waals surface area contributed by atoms with Gasteiger partial charge in [0.15, 0.2) is 0 Å². The van der Waals surface area contributed by atoms with E-state index in [1.807, 2.05) is 17.8 Å². The Kier molecular flexibility index (Phi) is 3.85. The van der Waals surface area contributed by atoms with Gasteiger partial charge in [0, 0.05) is 32.5 Å². The number of rotatable bonds is 4. The van der Waals surface area contributed by atoms with Crippen LogP contribution in [0.15, 0.2) is 35.6 Å². The molecule has 0 bridgehead atoms. The third-order valence-corrected chi connectivity index (χ3v) is 3.39. The largest absolute Gasteiger partial charge is 0.485 e. The molecule has 2 aromatic rings. The number of halogens is 1. The van der Waals surface area contributed by atoms with E-state index in [9.17, 15) is 4.39 Å². The Balaban J connectivity index is 1.86. The van der Waals surface area contributed by atoms with Crippen LogP contribution < -0.4 is 10.1 Å². The molecule has 0 spiro atoms. The number of aromatic nitrogens is 2. The van der Waals surface area contributed by atoms with Gasteiger partial charge in [-0.1, -0.05) is 6.07 Å².